The van der Waals surface area contributed by atoms with Crippen molar-refractivity contribution in [2.45, 2.75) is 52.2 Å². The molecule has 0 radical (unpaired) electrons. The summed E-state index contributed by atoms with van der Waals surface area (Å²) >= 11 is 5.78. The number of carbonyl (C=O) groups excluding carboxylic acids is 1. The lowest BCUT2D eigenvalue weighted by molar-refractivity contribution is -0.0229. The minimum Gasteiger partial charge on any atom is -0.444 e. The van der Waals surface area contributed by atoms with E-state index >= 15 is 4.39 Å². The number of likely N-dealkylation sites (tertiary alicyclic amines) is 2. The second kappa shape index (κ2) is 11.7. The highest BCUT2D eigenvalue weighted by molar-refractivity contribution is 7.80. The molecule has 2 aliphatic heterocycles. The van der Waals surface area contributed by atoms with Crippen LogP contribution in [0.3, 0.4) is 0 Å². The van der Waals surface area contributed by atoms with Crippen molar-refractivity contribution in [2.75, 3.05) is 31.1 Å². The summed E-state index contributed by atoms with van der Waals surface area (Å²) in [5.41, 5.74) is -0.169. The van der Waals surface area contributed by atoms with Gasteiger partial charge in [0.05, 0.1) is 6.54 Å². The van der Waals surface area contributed by atoms with Crippen LogP contribution in [0.5, 0.6) is 0 Å². The topological polar surface area (TPSA) is 74.9 Å². The van der Waals surface area contributed by atoms with Crippen molar-refractivity contribution in [3.63, 3.8) is 0 Å². The molecule has 1 spiro atoms. The van der Waals surface area contributed by atoms with Crippen LogP contribution in [0.1, 0.15) is 51.5 Å². The van der Waals surface area contributed by atoms with Gasteiger partial charge >= 0.3 is 12.5 Å². The fraction of sp³-hybridized carbons (Fsp3) is 0.448. The van der Waals surface area contributed by atoms with E-state index in [0.29, 0.717) is 31.3 Å². The van der Waals surface area contributed by atoms with E-state index in [1.807, 2.05) is 25.7 Å². The quantitative estimate of drug-likeness (QED) is 0.229. The summed E-state index contributed by atoms with van der Waals surface area (Å²) in [5, 5.41) is 7.10. The minimum absolute atomic E-state index is 0.0731. The van der Waals surface area contributed by atoms with Crippen molar-refractivity contribution in [1.82, 2.24) is 20.0 Å². The Morgan fingerprint density at radius 2 is 1.72 bits per heavy atom. The molecule has 0 atom stereocenters. The van der Waals surface area contributed by atoms with Crippen LogP contribution in [0.4, 0.5) is 32.4 Å². The molecule has 0 unspecified atom stereocenters. The molecule has 230 valence electrons. The number of hydrogen-bond acceptors (Lipinski definition) is 6. The number of anilines is 1. The molecule has 3 aromatic rings. The first kappa shape index (κ1) is 30.6. The molecular formula is C29H30F5N5O3S. The van der Waals surface area contributed by atoms with Gasteiger partial charge in [0.2, 0.25) is 5.89 Å². The molecule has 2 aliphatic rings. The number of aromatic nitrogens is 2. The van der Waals surface area contributed by atoms with E-state index in [0.717, 1.165) is 31.0 Å². The fourth-order valence-corrected chi connectivity index (χ4v) is 5.52. The lowest BCUT2D eigenvalue weighted by Gasteiger charge is -2.55. The van der Waals surface area contributed by atoms with Crippen LogP contribution in [0.15, 0.2) is 40.8 Å². The zero-order valence-corrected chi connectivity index (χ0v) is 24.6. The Balaban J connectivity index is 1.30. The van der Waals surface area contributed by atoms with Crippen LogP contribution in [-0.4, -0.2) is 63.0 Å². The van der Waals surface area contributed by atoms with E-state index in [2.05, 4.69) is 10.2 Å². The van der Waals surface area contributed by atoms with Crippen molar-refractivity contribution in [2.24, 2.45) is 5.41 Å². The Morgan fingerprint density at radius 1 is 1.02 bits per heavy atom. The van der Waals surface area contributed by atoms with Gasteiger partial charge in [0.25, 0.3) is 5.89 Å². The molecule has 3 heterocycles. The predicted molar refractivity (Wildman–Crippen MR) is 151 cm³/mol. The number of thiocarbonyl (C=S) groups is 1. The van der Waals surface area contributed by atoms with Gasteiger partial charge in [-0.15, -0.1) is 10.2 Å². The zero-order chi connectivity index (χ0) is 31.1. The van der Waals surface area contributed by atoms with Gasteiger partial charge in [-0.1, -0.05) is 6.07 Å². The third-order valence-corrected chi connectivity index (χ3v) is 7.98. The monoisotopic (exact) mass is 623 g/mol. The summed E-state index contributed by atoms with van der Waals surface area (Å²) in [5.74, 6) is -3.97. The third kappa shape index (κ3) is 6.73. The highest BCUT2D eigenvalue weighted by atomic mass is 32.1. The van der Waals surface area contributed by atoms with Crippen LogP contribution in [0, 0.1) is 22.9 Å². The first-order chi connectivity index (χ1) is 20.2. The number of carbonyl (C=O) groups is 1. The molecule has 1 aromatic heterocycles. The number of hydrogen-bond donors (Lipinski definition) is 0. The Bertz CT molecular complexity index is 1510. The molecular weight excluding hydrogens is 593 g/mol. The largest absolute Gasteiger partial charge is 0.444 e. The predicted octanol–water partition coefficient (Wildman–Crippen LogP) is 6.72. The van der Waals surface area contributed by atoms with Crippen molar-refractivity contribution >= 4 is 29.1 Å². The first-order valence-electron chi connectivity index (χ1n) is 13.6. The maximum absolute atomic E-state index is 15.3. The molecule has 0 saturated carbocycles. The van der Waals surface area contributed by atoms with Crippen molar-refractivity contribution in [1.29, 1.82) is 0 Å². The van der Waals surface area contributed by atoms with Gasteiger partial charge in [0.1, 0.15) is 11.4 Å². The SMILES string of the molecule is CC(C)(C)OC(=O)N1CCC2(CC1)CN(C(=S)N(Cc1ccc(-c3nnc(C(F)F)o3)cc1F)c1ccc(F)c(F)c1)C2. The summed E-state index contributed by atoms with van der Waals surface area (Å²) in [4.78, 5) is 17.6. The molecule has 43 heavy (non-hydrogen) atoms. The lowest BCUT2D eigenvalue weighted by Crippen LogP contribution is -2.64. The minimum atomic E-state index is -2.96. The van der Waals surface area contributed by atoms with Gasteiger partial charge in [0, 0.05) is 54.5 Å². The standard InChI is InChI=1S/C29H30F5N5O3S/c1-28(2,3)42-27(40)37-10-8-29(9-11-37)15-38(16-29)26(43)39(19-6-7-20(30)22(32)13-19)14-18-5-4-17(12-21(18)31)24-35-36-25(41-24)23(33)34/h4-7,12-13,23H,8-11,14-16H2,1-3H3. The molecule has 8 nitrogen and oxygen atoms in total. The molecule has 2 saturated heterocycles. The van der Waals surface area contributed by atoms with E-state index in [9.17, 15) is 22.4 Å². The van der Waals surface area contributed by atoms with Crippen molar-refractivity contribution in [3.8, 4) is 11.5 Å². The molecule has 0 N–H and O–H groups in total. The number of alkyl halides is 2. The van der Waals surface area contributed by atoms with E-state index in [4.69, 9.17) is 21.4 Å². The highest BCUT2D eigenvalue weighted by Gasteiger charge is 2.47. The third-order valence-electron chi connectivity index (χ3n) is 7.50. The van der Waals surface area contributed by atoms with Gasteiger partial charge in [-0.25, -0.2) is 18.0 Å². The van der Waals surface area contributed by atoms with Crippen LogP contribution >= 0.6 is 12.2 Å². The van der Waals surface area contributed by atoms with Crippen molar-refractivity contribution in [3.05, 3.63) is 65.3 Å². The van der Waals surface area contributed by atoms with Gasteiger partial charge in [-0.2, -0.15) is 8.78 Å². The van der Waals surface area contributed by atoms with Crippen LogP contribution in [0.2, 0.25) is 0 Å². The summed E-state index contributed by atoms with van der Waals surface area (Å²) in [6, 6.07) is 7.24. The van der Waals surface area contributed by atoms with Gasteiger partial charge in [-0.3, -0.25) is 0 Å². The maximum atomic E-state index is 15.3. The summed E-state index contributed by atoms with van der Waals surface area (Å²) in [6.45, 7) is 7.58. The van der Waals surface area contributed by atoms with Crippen LogP contribution in [-0.2, 0) is 11.3 Å². The number of benzene rings is 2. The molecule has 2 fully saturated rings. The van der Waals surface area contributed by atoms with Gasteiger partial charge < -0.3 is 23.9 Å². The molecule has 0 bridgehead atoms. The smallest absolute Gasteiger partial charge is 0.410 e. The molecule has 0 aliphatic carbocycles. The summed E-state index contributed by atoms with van der Waals surface area (Å²) < 4.78 is 79.3. The van der Waals surface area contributed by atoms with E-state index in [-0.39, 0.29) is 40.8 Å². The van der Waals surface area contributed by atoms with Crippen LogP contribution < -0.4 is 4.90 Å². The number of nitrogens with zero attached hydrogens (tertiary/aromatic N) is 5. The Kier molecular flexibility index (Phi) is 8.34. The van der Waals surface area contributed by atoms with Crippen LogP contribution in [0.25, 0.3) is 11.5 Å². The lowest BCUT2D eigenvalue weighted by atomic mass is 9.72. The highest BCUT2D eigenvalue weighted by Crippen LogP contribution is 2.42. The zero-order valence-electron chi connectivity index (χ0n) is 23.8. The molecule has 14 heteroatoms. The second-order valence-corrected chi connectivity index (χ2v) is 12.2. The number of halogens is 5. The number of rotatable bonds is 5. The average Bonchev–Trinajstić information content (AvgIpc) is 3.42. The summed E-state index contributed by atoms with van der Waals surface area (Å²) in [6.07, 6.45) is -1.82. The van der Waals surface area contributed by atoms with Gasteiger partial charge in [0.15, 0.2) is 16.7 Å². The van der Waals surface area contributed by atoms with E-state index in [1.165, 1.54) is 23.1 Å². The average molecular weight is 624 g/mol. The molecule has 5 rings (SSSR count). The van der Waals surface area contributed by atoms with Crippen molar-refractivity contribution < 1.29 is 35.9 Å². The fourth-order valence-electron chi connectivity index (χ4n) is 5.22. The Morgan fingerprint density at radius 3 is 2.30 bits per heavy atom. The van der Waals surface area contributed by atoms with Gasteiger partial charge in [-0.05, 0) is 70.1 Å². The van der Waals surface area contributed by atoms with E-state index < -0.39 is 35.4 Å². The molecule has 1 amide bonds. The molecule has 2 aromatic carbocycles. The first-order valence-corrected chi connectivity index (χ1v) is 14.0. The Hall–Kier alpha value is -3.81. The normalized spacial score (nSPS) is 16.4. The Labute approximate surface area is 250 Å². The second-order valence-electron chi connectivity index (χ2n) is 11.8. The maximum Gasteiger partial charge on any atom is 0.410 e. The number of amides is 1. The number of ether oxygens (including phenoxy) is 1. The number of piperidine rings is 1. The van der Waals surface area contributed by atoms with E-state index in [1.54, 1.807) is 4.90 Å². The summed E-state index contributed by atoms with van der Waals surface area (Å²) in [7, 11) is 0.